The summed E-state index contributed by atoms with van der Waals surface area (Å²) in [6, 6.07) is -0.0794. The Balaban J connectivity index is 2.53. The lowest BCUT2D eigenvalue weighted by Crippen LogP contribution is -2.50. The third-order valence-electron chi connectivity index (χ3n) is 2.59. The van der Waals surface area contributed by atoms with Gasteiger partial charge >= 0.3 is 0 Å². The molecule has 0 saturated carbocycles. The van der Waals surface area contributed by atoms with Crippen LogP contribution in [0.2, 0.25) is 5.28 Å². The molecule has 0 spiro atoms. The summed E-state index contributed by atoms with van der Waals surface area (Å²) < 4.78 is 0. The molecule has 1 aliphatic rings. The van der Waals surface area contributed by atoms with Crippen LogP contribution in [0.25, 0.3) is 0 Å². The van der Waals surface area contributed by atoms with Crippen molar-refractivity contribution in [2.45, 2.75) is 32.9 Å². The van der Waals surface area contributed by atoms with Crippen LogP contribution in [-0.2, 0) is 4.79 Å². The van der Waals surface area contributed by atoms with Gasteiger partial charge in [0.05, 0.1) is 6.20 Å². The van der Waals surface area contributed by atoms with E-state index in [-0.39, 0.29) is 23.3 Å². The highest BCUT2D eigenvalue weighted by atomic mass is 35.5. The molecule has 0 bridgehead atoms. The second-order valence-electron chi connectivity index (χ2n) is 4.04. The molecule has 0 unspecified atom stereocenters. The van der Waals surface area contributed by atoms with Crippen molar-refractivity contribution in [2.75, 3.05) is 10.2 Å². The molecule has 5 nitrogen and oxygen atoms in total. The van der Waals surface area contributed by atoms with Crippen molar-refractivity contribution >= 4 is 29.0 Å². The Labute approximate surface area is 98.8 Å². The van der Waals surface area contributed by atoms with Gasteiger partial charge < -0.3 is 10.2 Å². The Kier molecular flexibility index (Phi) is 2.71. The average molecular weight is 241 g/mol. The number of nitrogens with zero attached hydrogens (tertiary/aromatic N) is 3. The lowest BCUT2D eigenvalue weighted by molar-refractivity contribution is -0.117. The normalized spacial score (nSPS) is 19.7. The summed E-state index contributed by atoms with van der Waals surface area (Å²) in [4.78, 5) is 21.7. The third kappa shape index (κ3) is 1.71. The monoisotopic (exact) mass is 240 g/mol. The molecule has 2 rings (SSSR count). The minimum absolute atomic E-state index is 0.0490. The van der Waals surface area contributed by atoms with Crippen LogP contribution in [0.4, 0.5) is 11.5 Å². The molecular formula is C10H13ClN4O. The maximum absolute atomic E-state index is 11.7. The smallest absolute Gasteiger partial charge is 0.246 e. The lowest BCUT2D eigenvalue weighted by Gasteiger charge is -2.37. The maximum atomic E-state index is 11.7. The van der Waals surface area contributed by atoms with Gasteiger partial charge in [0.15, 0.2) is 5.82 Å². The highest BCUT2D eigenvalue weighted by Gasteiger charge is 2.32. The highest BCUT2D eigenvalue weighted by Crippen LogP contribution is 2.31. The number of amides is 1. The van der Waals surface area contributed by atoms with Crippen molar-refractivity contribution in [2.24, 2.45) is 0 Å². The van der Waals surface area contributed by atoms with E-state index >= 15 is 0 Å². The number of carbonyl (C=O) groups excluding carboxylic acids is 1. The van der Waals surface area contributed by atoms with Gasteiger partial charge in [-0.3, -0.25) is 4.79 Å². The van der Waals surface area contributed by atoms with Crippen LogP contribution in [0, 0.1) is 0 Å². The van der Waals surface area contributed by atoms with E-state index < -0.39 is 0 Å². The summed E-state index contributed by atoms with van der Waals surface area (Å²) in [6.07, 6.45) is 1.53. The summed E-state index contributed by atoms with van der Waals surface area (Å²) in [6.45, 7) is 5.86. The van der Waals surface area contributed by atoms with Crippen LogP contribution in [-0.4, -0.2) is 28.0 Å². The number of hydrogen-bond acceptors (Lipinski definition) is 4. The summed E-state index contributed by atoms with van der Waals surface area (Å²) in [7, 11) is 0. The average Bonchev–Trinajstić information content (AvgIpc) is 2.20. The predicted octanol–water partition coefficient (Wildman–Crippen LogP) is 1.69. The molecular weight excluding hydrogens is 228 g/mol. The first kappa shape index (κ1) is 11.1. The second kappa shape index (κ2) is 3.90. The van der Waals surface area contributed by atoms with E-state index in [0.717, 1.165) is 0 Å². The quantitative estimate of drug-likeness (QED) is 0.759. The Morgan fingerprint density at radius 1 is 1.56 bits per heavy atom. The van der Waals surface area contributed by atoms with Gasteiger partial charge in [-0.15, -0.1) is 0 Å². The standard InChI is InChI=1S/C10H13ClN4O/c1-5(2)15-6(3)9(16)13-7-4-12-10(11)14-8(7)15/h4-6H,1-3H3,(H,13,16)/t6-/m1/s1. The van der Waals surface area contributed by atoms with Crippen LogP contribution in [0.1, 0.15) is 20.8 Å². The maximum Gasteiger partial charge on any atom is 0.246 e. The van der Waals surface area contributed by atoms with E-state index in [9.17, 15) is 4.79 Å². The fourth-order valence-corrected chi connectivity index (χ4v) is 2.00. The summed E-state index contributed by atoms with van der Waals surface area (Å²) in [5, 5.41) is 2.95. The molecule has 1 atom stereocenters. The lowest BCUT2D eigenvalue weighted by atomic mass is 10.1. The Morgan fingerprint density at radius 2 is 2.25 bits per heavy atom. The van der Waals surface area contributed by atoms with E-state index in [0.29, 0.717) is 11.5 Å². The first-order valence-corrected chi connectivity index (χ1v) is 5.50. The largest absolute Gasteiger partial charge is 0.341 e. The van der Waals surface area contributed by atoms with Crippen molar-refractivity contribution in [1.82, 2.24) is 9.97 Å². The van der Waals surface area contributed by atoms with Crippen molar-refractivity contribution in [1.29, 1.82) is 0 Å². The molecule has 1 aromatic heterocycles. The fourth-order valence-electron chi connectivity index (χ4n) is 1.88. The highest BCUT2D eigenvalue weighted by molar-refractivity contribution is 6.28. The molecule has 1 amide bonds. The van der Waals surface area contributed by atoms with Gasteiger partial charge in [0.2, 0.25) is 11.2 Å². The van der Waals surface area contributed by atoms with Crippen LogP contribution < -0.4 is 10.2 Å². The SMILES string of the molecule is CC(C)N1c2nc(Cl)ncc2NC(=O)[C@H]1C. The molecule has 1 aliphatic heterocycles. The molecule has 0 fully saturated rings. The Morgan fingerprint density at radius 3 is 2.88 bits per heavy atom. The fraction of sp³-hybridized carbons (Fsp3) is 0.500. The summed E-state index contributed by atoms with van der Waals surface area (Å²) >= 11 is 5.77. The Hall–Kier alpha value is -1.36. The molecule has 1 aromatic rings. The number of aromatic nitrogens is 2. The van der Waals surface area contributed by atoms with E-state index in [1.165, 1.54) is 6.20 Å². The van der Waals surface area contributed by atoms with Crippen molar-refractivity contribution in [3.8, 4) is 0 Å². The zero-order chi connectivity index (χ0) is 11.9. The van der Waals surface area contributed by atoms with Gasteiger partial charge in [0.1, 0.15) is 11.7 Å². The summed E-state index contributed by atoms with van der Waals surface area (Å²) in [5.41, 5.74) is 0.612. The molecule has 0 aliphatic carbocycles. The zero-order valence-electron chi connectivity index (χ0n) is 9.36. The number of hydrogen-bond donors (Lipinski definition) is 1. The van der Waals surface area contributed by atoms with Crippen LogP contribution in [0.15, 0.2) is 6.20 Å². The van der Waals surface area contributed by atoms with Crippen LogP contribution in [0.3, 0.4) is 0 Å². The predicted molar refractivity (Wildman–Crippen MR) is 62.7 cm³/mol. The molecule has 86 valence electrons. The second-order valence-corrected chi connectivity index (χ2v) is 4.38. The van der Waals surface area contributed by atoms with Crippen LogP contribution >= 0.6 is 11.6 Å². The molecule has 2 heterocycles. The number of nitrogens with one attached hydrogen (secondary N) is 1. The number of carbonyl (C=O) groups is 1. The minimum atomic E-state index is -0.251. The van der Waals surface area contributed by atoms with Crippen LogP contribution in [0.5, 0.6) is 0 Å². The van der Waals surface area contributed by atoms with Crippen molar-refractivity contribution in [3.05, 3.63) is 11.5 Å². The number of rotatable bonds is 1. The van der Waals surface area contributed by atoms with E-state index in [4.69, 9.17) is 11.6 Å². The molecule has 0 saturated heterocycles. The van der Waals surface area contributed by atoms with Gasteiger partial charge in [0, 0.05) is 6.04 Å². The first-order valence-electron chi connectivity index (χ1n) is 5.12. The van der Waals surface area contributed by atoms with E-state index in [1.807, 2.05) is 25.7 Å². The van der Waals surface area contributed by atoms with Gasteiger partial charge in [-0.1, -0.05) is 0 Å². The van der Waals surface area contributed by atoms with E-state index in [1.54, 1.807) is 0 Å². The molecule has 0 radical (unpaired) electrons. The van der Waals surface area contributed by atoms with Crippen molar-refractivity contribution in [3.63, 3.8) is 0 Å². The van der Waals surface area contributed by atoms with Crippen molar-refractivity contribution < 1.29 is 4.79 Å². The van der Waals surface area contributed by atoms with E-state index in [2.05, 4.69) is 15.3 Å². The first-order chi connectivity index (χ1) is 7.50. The Bertz CT molecular complexity index is 435. The topological polar surface area (TPSA) is 58.1 Å². The van der Waals surface area contributed by atoms with Gasteiger partial charge in [-0.2, -0.15) is 4.98 Å². The molecule has 16 heavy (non-hydrogen) atoms. The van der Waals surface area contributed by atoms with Gasteiger partial charge in [-0.05, 0) is 32.4 Å². The number of halogens is 1. The zero-order valence-corrected chi connectivity index (χ0v) is 10.1. The molecule has 1 N–H and O–H groups in total. The molecule has 0 aromatic carbocycles. The summed E-state index contributed by atoms with van der Waals surface area (Å²) in [5.74, 6) is 0.634. The van der Waals surface area contributed by atoms with Gasteiger partial charge in [-0.25, -0.2) is 4.98 Å². The number of fused-ring (bicyclic) bond motifs is 1. The number of anilines is 2. The molecule has 6 heteroatoms. The third-order valence-corrected chi connectivity index (χ3v) is 2.78. The minimum Gasteiger partial charge on any atom is -0.341 e. The van der Waals surface area contributed by atoms with Gasteiger partial charge in [0.25, 0.3) is 0 Å².